The van der Waals surface area contributed by atoms with Crippen LogP contribution in [-0.4, -0.2) is 18.9 Å². The first-order valence-electron chi connectivity index (χ1n) is 6.41. The Morgan fingerprint density at radius 1 is 1.13 bits per heavy atom. The van der Waals surface area contributed by atoms with Gasteiger partial charge in [-0.3, -0.25) is 5.32 Å². The van der Waals surface area contributed by atoms with Gasteiger partial charge in [0.15, 0.2) is 0 Å². The molecule has 1 N–H and O–H groups in total. The van der Waals surface area contributed by atoms with Crippen LogP contribution in [0.2, 0.25) is 0 Å². The molecule has 15 heavy (non-hydrogen) atoms. The van der Waals surface area contributed by atoms with Crippen LogP contribution in [0.3, 0.4) is 0 Å². The van der Waals surface area contributed by atoms with Gasteiger partial charge < -0.3 is 4.74 Å². The van der Waals surface area contributed by atoms with E-state index >= 15 is 0 Å². The zero-order valence-electron chi connectivity index (χ0n) is 10.4. The van der Waals surface area contributed by atoms with E-state index in [9.17, 15) is 0 Å². The fraction of sp³-hybridized carbons (Fsp3) is 1.00. The molecule has 2 aliphatic rings. The fourth-order valence-corrected chi connectivity index (χ4v) is 2.68. The predicted octanol–water partition coefficient (Wildman–Crippen LogP) is 2.93. The van der Waals surface area contributed by atoms with E-state index in [0.29, 0.717) is 11.3 Å². The second-order valence-corrected chi connectivity index (χ2v) is 6.31. The highest BCUT2D eigenvalue weighted by Gasteiger charge is 2.39. The fourth-order valence-electron chi connectivity index (χ4n) is 2.68. The van der Waals surface area contributed by atoms with Crippen LogP contribution in [0.25, 0.3) is 0 Å². The van der Waals surface area contributed by atoms with Gasteiger partial charge in [-0.15, -0.1) is 0 Å². The molecule has 1 aliphatic carbocycles. The molecule has 1 aliphatic heterocycles. The second-order valence-electron chi connectivity index (χ2n) is 6.31. The van der Waals surface area contributed by atoms with E-state index < -0.39 is 0 Å². The van der Waals surface area contributed by atoms with Crippen LogP contribution < -0.4 is 5.32 Å². The third-order valence-corrected chi connectivity index (χ3v) is 4.12. The number of nitrogens with one attached hydrogen (secondary N) is 1. The molecule has 1 saturated heterocycles. The molecule has 1 heterocycles. The summed E-state index contributed by atoms with van der Waals surface area (Å²) in [5, 5.41) is 3.67. The normalized spacial score (nSPS) is 31.8. The van der Waals surface area contributed by atoms with Crippen molar-refractivity contribution in [1.29, 1.82) is 0 Å². The van der Waals surface area contributed by atoms with Crippen molar-refractivity contribution in [1.82, 2.24) is 5.32 Å². The lowest BCUT2D eigenvalue weighted by atomic mass is 9.79. The number of hydrogen-bond donors (Lipinski definition) is 1. The van der Waals surface area contributed by atoms with E-state index in [1.165, 1.54) is 32.1 Å². The van der Waals surface area contributed by atoms with Crippen LogP contribution >= 0.6 is 0 Å². The monoisotopic (exact) mass is 211 g/mol. The van der Waals surface area contributed by atoms with Crippen LogP contribution in [0.5, 0.6) is 0 Å². The molecule has 1 unspecified atom stereocenters. The third kappa shape index (κ3) is 2.54. The van der Waals surface area contributed by atoms with Crippen LogP contribution in [0.15, 0.2) is 0 Å². The molecule has 1 spiro atoms. The lowest BCUT2D eigenvalue weighted by molar-refractivity contribution is -0.148. The second kappa shape index (κ2) is 4.06. The number of ether oxygens (including phenoxy) is 1. The summed E-state index contributed by atoms with van der Waals surface area (Å²) in [5.74, 6) is 0.657. The van der Waals surface area contributed by atoms with Gasteiger partial charge in [0.05, 0.1) is 6.61 Å². The zero-order chi connectivity index (χ0) is 10.9. The van der Waals surface area contributed by atoms with E-state index in [1.807, 2.05) is 0 Å². The third-order valence-electron chi connectivity index (χ3n) is 4.12. The van der Waals surface area contributed by atoms with Crippen LogP contribution in [-0.2, 0) is 4.74 Å². The highest BCUT2D eigenvalue weighted by molar-refractivity contribution is 4.89. The molecule has 0 amide bonds. The summed E-state index contributed by atoms with van der Waals surface area (Å²) < 4.78 is 6.13. The molecule has 0 aromatic rings. The molecule has 1 atom stereocenters. The minimum atomic E-state index is 0.0556. The van der Waals surface area contributed by atoms with E-state index in [-0.39, 0.29) is 5.72 Å². The number of rotatable bonds is 0. The summed E-state index contributed by atoms with van der Waals surface area (Å²) in [4.78, 5) is 0. The van der Waals surface area contributed by atoms with Crippen LogP contribution in [0.1, 0.15) is 52.9 Å². The molecular formula is C13H25NO. The van der Waals surface area contributed by atoms with E-state index in [0.717, 1.165) is 13.2 Å². The highest BCUT2D eigenvalue weighted by atomic mass is 16.5. The Morgan fingerprint density at radius 3 is 2.27 bits per heavy atom. The molecule has 0 radical (unpaired) electrons. The first-order valence-corrected chi connectivity index (χ1v) is 6.41. The maximum Gasteiger partial charge on any atom is 0.119 e. The summed E-state index contributed by atoms with van der Waals surface area (Å²) in [6, 6.07) is 0. The van der Waals surface area contributed by atoms with Crippen molar-refractivity contribution in [3.8, 4) is 0 Å². The van der Waals surface area contributed by atoms with Crippen molar-refractivity contribution in [2.24, 2.45) is 11.3 Å². The Morgan fingerprint density at radius 2 is 1.80 bits per heavy atom. The molecule has 2 fully saturated rings. The summed E-state index contributed by atoms with van der Waals surface area (Å²) in [7, 11) is 0. The van der Waals surface area contributed by atoms with Gasteiger partial charge in [0.1, 0.15) is 5.72 Å². The van der Waals surface area contributed by atoms with Gasteiger partial charge in [-0.1, -0.05) is 27.2 Å². The minimum absolute atomic E-state index is 0.0556. The Kier molecular flexibility index (Phi) is 3.09. The largest absolute Gasteiger partial charge is 0.360 e. The molecule has 2 nitrogen and oxygen atoms in total. The van der Waals surface area contributed by atoms with Crippen LogP contribution in [0, 0.1) is 11.3 Å². The molecule has 0 bridgehead atoms. The topological polar surface area (TPSA) is 21.3 Å². The van der Waals surface area contributed by atoms with Gasteiger partial charge in [0, 0.05) is 6.54 Å². The van der Waals surface area contributed by atoms with Crippen molar-refractivity contribution < 1.29 is 4.74 Å². The smallest absolute Gasteiger partial charge is 0.119 e. The number of hydrogen-bond acceptors (Lipinski definition) is 2. The van der Waals surface area contributed by atoms with Gasteiger partial charge in [-0.25, -0.2) is 0 Å². The van der Waals surface area contributed by atoms with Crippen molar-refractivity contribution in [3.63, 3.8) is 0 Å². The molecule has 2 rings (SSSR count). The summed E-state index contributed by atoms with van der Waals surface area (Å²) in [5.41, 5.74) is 0.420. The minimum Gasteiger partial charge on any atom is -0.360 e. The summed E-state index contributed by atoms with van der Waals surface area (Å²) in [6.07, 6.45) is 6.46. The van der Waals surface area contributed by atoms with E-state index in [1.54, 1.807) is 0 Å². The van der Waals surface area contributed by atoms with Gasteiger partial charge >= 0.3 is 0 Å². The molecule has 0 aromatic carbocycles. The van der Waals surface area contributed by atoms with Crippen molar-refractivity contribution in [2.75, 3.05) is 13.2 Å². The van der Waals surface area contributed by atoms with Crippen molar-refractivity contribution in [3.05, 3.63) is 0 Å². The standard InChI is InChI=1S/C13H25NO/c1-12(2,3)11-9-14-13(15-10-11)7-5-4-6-8-13/h11,14H,4-10H2,1-3H3. The maximum atomic E-state index is 6.13. The summed E-state index contributed by atoms with van der Waals surface area (Å²) >= 11 is 0. The van der Waals surface area contributed by atoms with Gasteiger partial charge in [0.25, 0.3) is 0 Å². The van der Waals surface area contributed by atoms with Gasteiger partial charge in [-0.05, 0) is 37.0 Å². The molecule has 88 valence electrons. The Balaban J connectivity index is 1.91. The van der Waals surface area contributed by atoms with Gasteiger partial charge in [0.2, 0.25) is 0 Å². The molecule has 0 aromatic heterocycles. The lowest BCUT2D eigenvalue weighted by Crippen LogP contribution is -2.57. The van der Waals surface area contributed by atoms with Crippen LogP contribution in [0.4, 0.5) is 0 Å². The van der Waals surface area contributed by atoms with E-state index in [4.69, 9.17) is 4.74 Å². The molecule has 1 saturated carbocycles. The maximum absolute atomic E-state index is 6.13. The average molecular weight is 211 g/mol. The lowest BCUT2D eigenvalue weighted by Gasteiger charge is -2.46. The zero-order valence-corrected chi connectivity index (χ0v) is 10.4. The van der Waals surface area contributed by atoms with Crippen molar-refractivity contribution in [2.45, 2.75) is 58.6 Å². The Hall–Kier alpha value is -0.0800. The quantitative estimate of drug-likeness (QED) is 0.665. The first kappa shape index (κ1) is 11.4. The van der Waals surface area contributed by atoms with Crippen molar-refractivity contribution >= 4 is 0 Å². The highest BCUT2D eigenvalue weighted by Crippen LogP contribution is 2.36. The van der Waals surface area contributed by atoms with E-state index in [2.05, 4.69) is 26.1 Å². The molecular weight excluding hydrogens is 186 g/mol. The SMILES string of the molecule is CC(C)(C)C1CNC2(CCCCC2)OC1. The van der Waals surface area contributed by atoms with Gasteiger partial charge in [-0.2, -0.15) is 0 Å². The summed E-state index contributed by atoms with van der Waals surface area (Å²) in [6.45, 7) is 8.99. The average Bonchev–Trinajstić information content (AvgIpc) is 2.18. The first-order chi connectivity index (χ1) is 7.02. The molecule has 2 heteroatoms. The Bertz CT molecular complexity index is 203. The predicted molar refractivity (Wildman–Crippen MR) is 62.7 cm³/mol. The Labute approximate surface area is 93.8 Å².